The van der Waals surface area contributed by atoms with Crippen LogP contribution in [0.1, 0.15) is 32.1 Å². The Kier molecular flexibility index (Phi) is 4.12. The summed E-state index contributed by atoms with van der Waals surface area (Å²) in [5, 5.41) is 3.28. The van der Waals surface area contributed by atoms with Crippen LogP contribution in [0, 0.1) is 5.92 Å². The van der Waals surface area contributed by atoms with E-state index in [1.165, 1.54) is 12.8 Å². The van der Waals surface area contributed by atoms with Gasteiger partial charge in [0.05, 0.1) is 5.75 Å². The van der Waals surface area contributed by atoms with E-state index in [0.29, 0.717) is 5.75 Å². The Balaban J connectivity index is 1.47. The summed E-state index contributed by atoms with van der Waals surface area (Å²) >= 11 is 0. The van der Waals surface area contributed by atoms with Gasteiger partial charge in [-0.25, -0.2) is 13.1 Å². The molecule has 3 rings (SSSR count). The highest BCUT2D eigenvalue weighted by molar-refractivity contribution is 7.89. The van der Waals surface area contributed by atoms with Crippen molar-refractivity contribution >= 4 is 10.0 Å². The van der Waals surface area contributed by atoms with Crippen LogP contribution in [0.4, 0.5) is 0 Å². The van der Waals surface area contributed by atoms with Crippen molar-refractivity contribution in [2.24, 2.45) is 5.92 Å². The van der Waals surface area contributed by atoms with E-state index in [0.717, 1.165) is 51.5 Å². The topological polar surface area (TPSA) is 61.4 Å². The lowest BCUT2D eigenvalue weighted by Crippen LogP contribution is -2.42. The first-order valence-corrected chi connectivity index (χ1v) is 9.22. The number of hydrogen-bond donors (Lipinski definition) is 2. The van der Waals surface area contributed by atoms with Crippen LogP contribution in [0.2, 0.25) is 0 Å². The lowest BCUT2D eigenvalue weighted by molar-refractivity contribution is 0.322. The van der Waals surface area contributed by atoms with Crippen LogP contribution < -0.4 is 10.0 Å². The molecule has 1 aliphatic carbocycles. The Morgan fingerprint density at radius 1 is 1.21 bits per heavy atom. The summed E-state index contributed by atoms with van der Waals surface area (Å²) in [7, 11) is -3.11. The van der Waals surface area contributed by atoms with Gasteiger partial charge in [-0.15, -0.1) is 0 Å². The van der Waals surface area contributed by atoms with Gasteiger partial charge < -0.3 is 5.32 Å². The maximum atomic E-state index is 12.2. The fraction of sp³-hybridized carbons (Fsp3) is 1.00. The largest absolute Gasteiger partial charge is 0.316 e. The second-order valence-corrected chi connectivity index (χ2v) is 8.12. The Morgan fingerprint density at radius 3 is 2.74 bits per heavy atom. The molecule has 2 unspecified atom stereocenters. The van der Waals surface area contributed by atoms with E-state index in [4.69, 9.17) is 0 Å². The first kappa shape index (κ1) is 13.8. The number of rotatable bonds is 5. The third-order valence-corrected chi connectivity index (χ3v) is 6.09. The molecule has 0 amide bonds. The van der Waals surface area contributed by atoms with Crippen molar-refractivity contribution in [2.75, 3.05) is 31.9 Å². The lowest BCUT2D eigenvalue weighted by Gasteiger charge is -2.23. The molecule has 1 saturated carbocycles. The summed E-state index contributed by atoms with van der Waals surface area (Å²) in [5.74, 6) is 0.576. The van der Waals surface area contributed by atoms with Gasteiger partial charge in [-0.3, -0.25) is 4.90 Å². The summed E-state index contributed by atoms with van der Waals surface area (Å²) in [6.07, 6.45) is 5.70. The molecule has 2 N–H and O–H groups in total. The maximum absolute atomic E-state index is 12.2. The standard InChI is InChI=1S/C13H25N3O2S/c17-19(18,10-11-2-1-6-14-8-11)15-12-5-7-16(9-12)13-3-4-13/h11-15H,1-10H2. The zero-order valence-electron chi connectivity index (χ0n) is 11.5. The summed E-state index contributed by atoms with van der Waals surface area (Å²) in [6.45, 7) is 3.85. The number of piperidine rings is 1. The molecule has 6 heteroatoms. The molecule has 0 aromatic rings. The molecule has 0 spiro atoms. The number of nitrogens with zero attached hydrogens (tertiary/aromatic N) is 1. The van der Waals surface area contributed by atoms with Crippen LogP contribution in [0.5, 0.6) is 0 Å². The molecule has 3 aliphatic rings. The van der Waals surface area contributed by atoms with E-state index < -0.39 is 10.0 Å². The highest BCUT2D eigenvalue weighted by Gasteiger charge is 2.35. The molecule has 5 nitrogen and oxygen atoms in total. The average Bonchev–Trinajstić information content (AvgIpc) is 3.11. The van der Waals surface area contributed by atoms with Gasteiger partial charge in [-0.1, -0.05) is 0 Å². The lowest BCUT2D eigenvalue weighted by atomic mass is 10.0. The first-order valence-electron chi connectivity index (χ1n) is 7.57. The van der Waals surface area contributed by atoms with Crippen molar-refractivity contribution < 1.29 is 8.42 Å². The number of hydrogen-bond acceptors (Lipinski definition) is 4. The third-order valence-electron chi connectivity index (χ3n) is 4.48. The van der Waals surface area contributed by atoms with Crippen LogP contribution >= 0.6 is 0 Å². The molecule has 110 valence electrons. The van der Waals surface area contributed by atoms with Crippen molar-refractivity contribution in [2.45, 2.75) is 44.2 Å². The second-order valence-electron chi connectivity index (χ2n) is 6.32. The molecule has 19 heavy (non-hydrogen) atoms. The van der Waals surface area contributed by atoms with Crippen LogP contribution in [0.15, 0.2) is 0 Å². The summed E-state index contributed by atoms with van der Waals surface area (Å²) in [5.41, 5.74) is 0. The number of nitrogens with one attached hydrogen (secondary N) is 2. The highest BCUT2D eigenvalue weighted by atomic mass is 32.2. The van der Waals surface area contributed by atoms with Crippen molar-refractivity contribution in [3.8, 4) is 0 Å². The monoisotopic (exact) mass is 287 g/mol. The van der Waals surface area contributed by atoms with Crippen LogP contribution in [0.3, 0.4) is 0 Å². The van der Waals surface area contributed by atoms with E-state index in [2.05, 4.69) is 14.9 Å². The zero-order valence-corrected chi connectivity index (χ0v) is 12.3. The summed E-state index contributed by atoms with van der Waals surface area (Å²) in [4.78, 5) is 2.44. The van der Waals surface area contributed by atoms with E-state index in [9.17, 15) is 8.42 Å². The Hall–Kier alpha value is -0.170. The van der Waals surface area contributed by atoms with Crippen molar-refractivity contribution in [1.82, 2.24) is 14.9 Å². The van der Waals surface area contributed by atoms with Gasteiger partial charge in [0.1, 0.15) is 0 Å². The van der Waals surface area contributed by atoms with Crippen molar-refractivity contribution in [3.05, 3.63) is 0 Å². The number of sulfonamides is 1. The molecule has 0 aromatic carbocycles. The summed E-state index contributed by atoms with van der Waals surface area (Å²) in [6, 6.07) is 0.888. The van der Waals surface area contributed by atoms with Crippen LogP contribution in [0.25, 0.3) is 0 Å². The Morgan fingerprint density at radius 2 is 2.05 bits per heavy atom. The minimum Gasteiger partial charge on any atom is -0.316 e. The smallest absolute Gasteiger partial charge is 0.212 e. The molecule has 2 atom stereocenters. The Bertz CT molecular complexity index is 402. The molecule has 0 aromatic heterocycles. The SMILES string of the molecule is O=S(=O)(CC1CCCNC1)NC1CCN(C2CC2)C1. The molecule has 2 saturated heterocycles. The fourth-order valence-corrected chi connectivity index (χ4v) is 5.04. The molecular weight excluding hydrogens is 262 g/mol. The minimum absolute atomic E-state index is 0.141. The zero-order chi connectivity index (χ0) is 13.3. The van der Waals surface area contributed by atoms with Crippen LogP contribution in [-0.2, 0) is 10.0 Å². The molecule has 0 bridgehead atoms. The quantitative estimate of drug-likeness (QED) is 0.755. The van der Waals surface area contributed by atoms with Gasteiger partial charge in [0.15, 0.2) is 0 Å². The fourth-order valence-electron chi connectivity index (χ4n) is 3.33. The maximum Gasteiger partial charge on any atom is 0.212 e. The van der Waals surface area contributed by atoms with Crippen molar-refractivity contribution in [3.63, 3.8) is 0 Å². The van der Waals surface area contributed by atoms with E-state index in [-0.39, 0.29) is 12.0 Å². The third kappa shape index (κ3) is 3.90. The minimum atomic E-state index is -3.11. The van der Waals surface area contributed by atoms with Gasteiger partial charge in [0, 0.05) is 25.2 Å². The normalized spacial score (nSPS) is 33.7. The van der Waals surface area contributed by atoms with Crippen LogP contribution in [-0.4, -0.2) is 57.3 Å². The first-order chi connectivity index (χ1) is 9.12. The van der Waals surface area contributed by atoms with Gasteiger partial charge >= 0.3 is 0 Å². The predicted octanol–water partition coefficient (Wildman–Crippen LogP) is 0.142. The molecule has 2 aliphatic heterocycles. The second kappa shape index (κ2) is 5.68. The van der Waals surface area contributed by atoms with E-state index in [1.807, 2.05) is 0 Å². The Labute approximate surface area is 116 Å². The average molecular weight is 287 g/mol. The highest BCUT2D eigenvalue weighted by Crippen LogP contribution is 2.30. The molecular formula is C13H25N3O2S. The molecule has 0 radical (unpaired) electrons. The van der Waals surface area contributed by atoms with E-state index in [1.54, 1.807) is 0 Å². The summed E-state index contributed by atoms with van der Waals surface area (Å²) < 4.78 is 27.3. The number of likely N-dealkylation sites (tertiary alicyclic amines) is 1. The predicted molar refractivity (Wildman–Crippen MR) is 75.5 cm³/mol. The molecule has 3 fully saturated rings. The van der Waals surface area contributed by atoms with Gasteiger partial charge in [0.2, 0.25) is 10.0 Å². The van der Waals surface area contributed by atoms with Crippen molar-refractivity contribution in [1.29, 1.82) is 0 Å². The van der Waals surface area contributed by atoms with Gasteiger partial charge in [-0.05, 0) is 51.1 Å². The van der Waals surface area contributed by atoms with E-state index >= 15 is 0 Å². The van der Waals surface area contributed by atoms with Gasteiger partial charge in [-0.2, -0.15) is 0 Å². The van der Waals surface area contributed by atoms with Gasteiger partial charge in [0.25, 0.3) is 0 Å². The molecule has 2 heterocycles.